The van der Waals surface area contributed by atoms with Gasteiger partial charge in [0.1, 0.15) is 5.76 Å². The molecule has 0 bridgehead atoms. The van der Waals surface area contributed by atoms with Crippen LogP contribution in [-0.2, 0) is 19.3 Å². The van der Waals surface area contributed by atoms with Crippen LogP contribution in [0.1, 0.15) is 27.4 Å². The van der Waals surface area contributed by atoms with Crippen molar-refractivity contribution in [2.24, 2.45) is 0 Å². The van der Waals surface area contributed by atoms with Crippen molar-refractivity contribution in [3.63, 3.8) is 0 Å². The van der Waals surface area contributed by atoms with Crippen molar-refractivity contribution < 1.29 is 22.4 Å². The number of benzene rings is 1. The van der Waals surface area contributed by atoms with E-state index in [0.717, 1.165) is 6.07 Å². The Morgan fingerprint density at radius 2 is 1.77 bits per heavy atom. The predicted molar refractivity (Wildman–Crippen MR) is 88.0 cm³/mol. The Balaban J connectivity index is 1.95. The van der Waals surface area contributed by atoms with Crippen LogP contribution in [0.2, 0.25) is 0 Å². The SMILES string of the molecule is O=C(c1ccccc1C(F)(F)F)N(Cc1ccccn1)Cc1ccco1. The zero-order chi connectivity index (χ0) is 18.6. The molecule has 1 aromatic carbocycles. The summed E-state index contributed by atoms with van der Waals surface area (Å²) in [4.78, 5) is 18.3. The Morgan fingerprint density at radius 3 is 2.42 bits per heavy atom. The normalized spacial score (nSPS) is 11.3. The molecule has 134 valence electrons. The van der Waals surface area contributed by atoms with Crippen LogP contribution in [0.15, 0.2) is 71.5 Å². The van der Waals surface area contributed by atoms with Crippen molar-refractivity contribution in [1.29, 1.82) is 0 Å². The van der Waals surface area contributed by atoms with Gasteiger partial charge in [-0.15, -0.1) is 0 Å². The quantitative estimate of drug-likeness (QED) is 0.671. The molecule has 0 spiro atoms. The van der Waals surface area contributed by atoms with E-state index < -0.39 is 23.2 Å². The fourth-order valence-corrected chi connectivity index (χ4v) is 2.56. The van der Waals surface area contributed by atoms with Crippen molar-refractivity contribution in [3.8, 4) is 0 Å². The van der Waals surface area contributed by atoms with Gasteiger partial charge in [-0.2, -0.15) is 13.2 Å². The summed E-state index contributed by atoms with van der Waals surface area (Å²) >= 11 is 0. The van der Waals surface area contributed by atoms with Crippen LogP contribution in [0.5, 0.6) is 0 Å². The lowest BCUT2D eigenvalue weighted by atomic mass is 10.1. The summed E-state index contributed by atoms with van der Waals surface area (Å²) in [7, 11) is 0. The average molecular weight is 360 g/mol. The van der Waals surface area contributed by atoms with Crippen molar-refractivity contribution in [2.45, 2.75) is 19.3 Å². The molecule has 26 heavy (non-hydrogen) atoms. The molecule has 0 saturated heterocycles. The molecule has 0 unspecified atom stereocenters. The standard InChI is InChI=1S/C19H15F3N2O2/c20-19(21,22)17-9-2-1-8-16(17)18(25)24(13-15-7-5-11-26-15)12-14-6-3-4-10-23-14/h1-11H,12-13H2. The molecule has 0 aliphatic rings. The molecule has 3 rings (SSSR count). The van der Waals surface area contributed by atoms with Gasteiger partial charge in [-0.1, -0.05) is 18.2 Å². The van der Waals surface area contributed by atoms with E-state index in [0.29, 0.717) is 11.5 Å². The van der Waals surface area contributed by atoms with Crippen molar-refractivity contribution >= 4 is 5.91 Å². The second kappa shape index (κ2) is 7.43. The highest BCUT2D eigenvalue weighted by Crippen LogP contribution is 2.32. The Kier molecular flexibility index (Phi) is 5.06. The number of nitrogens with zero attached hydrogens (tertiary/aromatic N) is 2. The first-order valence-corrected chi connectivity index (χ1v) is 7.83. The third kappa shape index (κ3) is 4.11. The van der Waals surface area contributed by atoms with Crippen molar-refractivity contribution in [1.82, 2.24) is 9.88 Å². The average Bonchev–Trinajstić information content (AvgIpc) is 3.14. The smallest absolute Gasteiger partial charge is 0.417 e. The maximum Gasteiger partial charge on any atom is 0.417 e. The maximum atomic E-state index is 13.3. The molecule has 2 heterocycles. The molecular formula is C19H15F3N2O2. The number of furan rings is 1. The Morgan fingerprint density at radius 1 is 1.00 bits per heavy atom. The van der Waals surface area contributed by atoms with Gasteiger partial charge in [-0.25, -0.2) is 0 Å². The van der Waals surface area contributed by atoms with E-state index in [2.05, 4.69) is 4.98 Å². The molecule has 7 heteroatoms. The molecule has 3 aromatic rings. The highest BCUT2D eigenvalue weighted by Gasteiger charge is 2.36. The molecule has 4 nitrogen and oxygen atoms in total. The lowest BCUT2D eigenvalue weighted by Gasteiger charge is -2.23. The summed E-state index contributed by atoms with van der Waals surface area (Å²) in [5.74, 6) is -0.265. The summed E-state index contributed by atoms with van der Waals surface area (Å²) in [6.45, 7) is 0.0984. The monoisotopic (exact) mass is 360 g/mol. The van der Waals surface area contributed by atoms with Gasteiger partial charge in [-0.05, 0) is 36.4 Å². The summed E-state index contributed by atoms with van der Waals surface area (Å²) in [6.07, 6.45) is -1.61. The minimum Gasteiger partial charge on any atom is -0.467 e. The molecule has 0 saturated carbocycles. The maximum absolute atomic E-state index is 13.3. The first-order chi connectivity index (χ1) is 12.4. The number of hydrogen-bond acceptors (Lipinski definition) is 3. The molecule has 0 aliphatic heterocycles. The first-order valence-electron chi connectivity index (χ1n) is 7.83. The number of alkyl halides is 3. The molecule has 0 atom stereocenters. The van der Waals surface area contributed by atoms with Gasteiger partial charge in [0.25, 0.3) is 5.91 Å². The van der Waals surface area contributed by atoms with Crippen LogP contribution in [0.3, 0.4) is 0 Å². The molecule has 0 radical (unpaired) electrons. The fraction of sp³-hybridized carbons (Fsp3) is 0.158. The third-order valence-electron chi connectivity index (χ3n) is 3.76. The first kappa shape index (κ1) is 17.7. The van der Waals surface area contributed by atoms with Crippen LogP contribution in [0.4, 0.5) is 13.2 Å². The molecule has 1 amide bonds. The Hall–Kier alpha value is -3.09. The molecule has 2 aromatic heterocycles. The summed E-state index contributed by atoms with van der Waals surface area (Å²) in [6, 6.07) is 13.2. The topological polar surface area (TPSA) is 46.3 Å². The van der Waals surface area contributed by atoms with E-state index >= 15 is 0 Å². The van der Waals surface area contributed by atoms with Gasteiger partial charge < -0.3 is 9.32 Å². The summed E-state index contributed by atoms with van der Waals surface area (Å²) in [5, 5.41) is 0. The van der Waals surface area contributed by atoms with E-state index in [1.54, 1.807) is 36.5 Å². The van der Waals surface area contributed by atoms with Crippen molar-refractivity contribution in [2.75, 3.05) is 0 Å². The van der Waals surface area contributed by atoms with E-state index in [-0.39, 0.29) is 13.1 Å². The van der Waals surface area contributed by atoms with Crippen LogP contribution < -0.4 is 0 Å². The summed E-state index contributed by atoms with van der Waals surface area (Å²) in [5.41, 5.74) is -0.796. The highest BCUT2D eigenvalue weighted by atomic mass is 19.4. The zero-order valence-electron chi connectivity index (χ0n) is 13.6. The zero-order valence-corrected chi connectivity index (χ0v) is 13.6. The minimum absolute atomic E-state index is 0.0363. The number of rotatable bonds is 5. The number of carbonyl (C=O) groups excluding carboxylic acids is 1. The summed E-state index contributed by atoms with van der Waals surface area (Å²) < 4.78 is 45.1. The van der Waals surface area contributed by atoms with E-state index in [1.807, 2.05) is 0 Å². The second-order valence-corrected chi connectivity index (χ2v) is 5.60. The minimum atomic E-state index is -4.62. The molecule has 0 fully saturated rings. The number of pyridine rings is 1. The van der Waals surface area contributed by atoms with Gasteiger partial charge in [0.05, 0.1) is 36.2 Å². The van der Waals surface area contributed by atoms with Gasteiger partial charge in [0.15, 0.2) is 0 Å². The third-order valence-corrected chi connectivity index (χ3v) is 3.76. The van der Waals surface area contributed by atoms with Crippen LogP contribution >= 0.6 is 0 Å². The Bertz CT molecular complexity index is 862. The van der Waals surface area contributed by atoms with Gasteiger partial charge >= 0.3 is 6.18 Å². The molecule has 0 aliphatic carbocycles. The van der Waals surface area contributed by atoms with Gasteiger partial charge in [0, 0.05) is 6.20 Å². The number of carbonyl (C=O) groups is 1. The lowest BCUT2D eigenvalue weighted by molar-refractivity contribution is -0.138. The van der Waals surface area contributed by atoms with Gasteiger partial charge in [-0.3, -0.25) is 9.78 Å². The second-order valence-electron chi connectivity index (χ2n) is 5.60. The molecular weight excluding hydrogens is 345 g/mol. The van der Waals surface area contributed by atoms with Crippen molar-refractivity contribution in [3.05, 3.63) is 89.6 Å². The Labute approximate surface area is 147 Å². The van der Waals surface area contributed by atoms with Crippen LogP contribution in [0, 0.1) is 0 Å². The predicted octanol–water partition coefficient (Wildman–Crippen LogP) is 4.54. The van der Waals surface area contributed by atoms with E-state index in [4.69, 9.17) is 4.42 Å². The highest BCUT2D eigenvalue weighted by molar-refractivity contribution is 5.95. The fourth-order valence-electron chi connectivity index (χ4n) is 2.56. The number of halogens is 3. The van der Waals surface area contributed by atoms with E-state index in [9.17, 15) is 18.0 Å². The number of amides is 1. The number of hydrogen-bond donors (Lipinski definition) is 0. The van der Waals surface area contributed by atoms with Gasteiger partial charge in [0.2, 0.25) is 0 Å². The number of aromatic nitrogens is 1. The molecule has 0 N–H and O–H groups in total. The van der Waals surface area contributed by atoms with Crippen LogP contribution in [-0.4, -0.2) is 15.8 Å². The largest absolute Gasteiger partial charge is 0.467 e. The lowest BCUT2D eigenvalue weighted by Crippen LogP contribution is -2.32. The van der Waals surface area contributed by atoms with E-state index in [1.165, 1.54) is 29.4 Å². The van der Waals surface area contributed by atoms with Crippen LogP contribution in [0.25, 0.3) is 0 Å².